The van der Waals surface area contributed by atoms with E-state index in [2.05, 4.69) is 19.9 Å². The van der Waals surface area contributed by atoms with Crippen molar-refractivity contribution >= 4 is 32.1 Å². The van der Waals surface area contributed by atoms with Crippen molar-refractivity contribution in [3.63, 3.8) is 0 Å². The maximum absolute atomic E-state index is 12.5. The average Bonchev–Trinajstić information content (AvgIpc) is 3.03. The Bertz CT molecular complexity index is 892. The third-order valence-electron chi connectivity index (χ3n) is 2.96. The molecule has 21 heavy (non-hydrogen) atoms. The SMILES string of the molecule is CC(NS(=O)(=O)c1c(N)nc2sccn12)c1nncn1C. The van der Waals surface area contributed by atoms with Crippen molar-refractivity contribution in [3.05, 3.63) is 23.7 Å². The molecular formula is C10H13N7O2S2. The van der Waals surface area contributed by atoms with Crippen LogP contribution in [0.2, 0.25) is 0 Å². The van der Waals surface area contributed by atoms with Gasteiger partial charge < -0.3 is 10.3 Å². The van der Waals surface area contributed by atoms with Crippen molar-refractivity contribution in [1.29, 1.82) is 0 Å². The van der Waals surface area contributed by atoms with E-state index in [1.54, 1.807) is 30.1 Å². The Kier molecular flexibility index (Phi) is 3.19. The van der Waals surface area contributed by atoms with Crippen LogP contribution in [0.3, 0.4) is 0 Å². The van der Waals surface area contributed by atoms with E-state index in [1.807, 2.05) is 0 Å². The Morgan fingerprint density at radius 2 is 2.24 bits per heavy atom. The molecule has 3 N–H and O–H groups in total. The van der Waals surface area contributed by atoms with Crippen molar-refractivity contribution in [2.75, 3.05) is 5.73 Å². The molecule has 1 atom stereocenters. The number of nitrogens with zero attached hydrogens (tertiary/aromatic N) is 5. The number of imidazole rings is 1. The highest BCUT2D eigenvalue weighted by Crippen LogP contribution is 2.24. The van der Waals surface area contributed by atoms with Crippen LogP contribution in [0.1, 0.15) is 18.8 Å². The molecule has 9 nitrogen and oxygen atoms in total. The van der Waals surface area contributed by atoms with Crippen molar-refractivity contribution in [3.8, 4) is 0 Å². The lowest BCUT2D eigenvalue weighted by Crippen LogP contribution is -2.30. The first-order chi connectivity index (χ1) is 9.90. The van der Waals surface area contributed by atoms with E-state index < -0.39 is 16.1 Å². The van der Waals surface area contributed by atoms with E-state index in [9.17, 15) is 8.42 Å². The maximum Gasteiger partial charge on any atom is 0.261 e. The Morgan fingerprint density at radius 1 is 1.48 bits per heavy atom. The van der Waals surface area contributed by atoms with Gasteiger partial charge in [0.05, 0.1) is 6.04 Å². The summed E-state index contributed by atoms with van der Waals surface area (Å²) in [5.74, 6) is 0.475. The van der Waals surface area contributed by atoms with Gasteiger partial charge in [-0.1, -0.05) is 0 Å². The number of nitrogen functional groups attached to an aromatic ring is 1. The first-order valence-electron chi connectivity index (χ1n) is 5.97. The molecule has 0 radical (unpaired) electrons. The summed E-state index contributed by atoms with van der Waals surface area (Å²) in [6, 6.07) is -0.550. The first-order valence-corrected chi connectivity index (χ1v) is 8.33. The zero-order valence-corrected chi connectivity index (χ0v) is 12.9. The number of fused-ring (bicyclic) bond motifs is 1. The number of hydrogen-bond donors (Lipinski definition) is 2. The number of nitrogens with one attached hydrogen (secondary N) is 1. The Labute approximate surface area is 124 Å². The van der Waals surface area contributed by atoms with E-state index in [4.69, 9.17) is 5.73 Å². The van der Waals surface area contributed by atoms with Crippen LogP contribution < -0.4 is 10.5 Å². The molecule has 0 spiro atoms. The Morgan fingerprint density at radius 3 is 2.90 bits per heavy atom. The van der Waals surface area contributed by atoms with Crippen LogP contribution in [0.5, 0.6) is 0 Å². The molecule has 0 saturated heterocycles. The molecule has 11 heteroatoms. The average molecular weight is 327 g/mol. The molecule has 0 aliphatic carbocycles. The summed E-state index contributed by atoms with van der Waals surface area (Å²) in [6.45, 7) is 1.68. The van der Waals surface area contributed by atoms with E-state index in [1.165, 1.54) is 22.1 Å². The molecule has 0 aliphatic rings. The molecule has 0 fully saturated rings. The van der Waals surface area contributed by atoms with Gasteiger partial charge in [0.25, 0.3) is 10.0 Å². The van der Waals surface area contributed by atoms with Crippen LogP contribution in [0.4, 0.5) is 5.82 Å². The molecule has 3 heterocycles. The van der Waals surface area contributed by atoms with Crippen LogP contribution in [0.15, 0.2) is 22.9 Å². The van der Waals surface area contributed by atoms with E-state index in [0.717, 1.165) is 0 Å². The maximum atomic E-state index is 12.5. The second-order valence-corrected chi connectivity index (χ2v) is 7.00. The number of aryl methyl sites for hydroxylation is 1. The zero-order chi connectivity index (χ0) is 15.2. The Hall–Kier alpha value is -1.98. The molecule has 0 aliphatic heterocycles. The molecule has 0 saturated carbocycles. The standard InChI is InChI=1S/C10H13N7O2S2/c1-6(8-14-12-5-16(8)2)15-21(18,19)9-7(11)13-10-17(9)3-4-20-10/h3-6,15H,11H2,1-2H3. The summed E-state index contributed by atoms with van der Waals surface area (Å²) >= 11 is 1.31. The molecule has 3 aromatic rings. The zero-order valence-electron chi connectivity index (χ0n) is 11.3. The molecule has 3 aromatic heterocycles. The van der Waals surface area contributed by atoms with Crippen molar-refractivity contribution in [1.82, 2.24) is 28.9 Å². The molecule has 112 valence electrons. The quantitative estimate of drug-likeness (QED) is 0.703. The number of rotatable bonds is 4. The summed E-state index contributed by atoms with van der Waals surface area (Å²) in [4.78, 5) is 4.56. The highest BCUT2D eigenvalue weighted by molar-refractivity contribution is 7.89. The monoisotopic (exact) mass is 327 g/mol. The molecule has 3 rings (SSSR count). The van der Waals surface area contributed by atoms with Crippen molar-refractivity contribution in [2.24, 2.45) is 7.05 Å². The van der Waals surface area contributed by atoms with Gasteiger partial charge in [-0.25, -0.2) is 13.4 Å². The van der Waals surface area contributed by atoms with Gasteiger partial charge in [0, 0.05) is 18.6 Å². The fourth-order valence-electron chi connectivity index (χ4n) is 2.07. The molecule has 0 amide bonds. The van der Waals surface area contributed by atoms with Crippen LogP contribution in [0, 0.1) is 0 Å². The largest absolute Gasteiger partial charge is 0.381 e. The van der Waals surface area contributed by atoms with Gasteiger partial charge >= 0.3 is 0 Å². The van der Waals surface area contributed by atoms with Gasteiger partial charge in [0.2, 0.25) is 0 Å². The minimum atomic E-state index is -3.84. The van der Waals surface area contributed by atoms with Crippen LogP contribution in [-0.4, -0.2) is 32.6 Å². The van der Waals surface area contributed by atoms with Gasteiger partial charge in [-0.15, -0.1) is 21.5 Å². The van der Waals surface area contributed by atoms with Crippen LogP contribution >= 0.6 is 11.3 Å². The smallest absolute Gasteiger partial charge is 0.261 e. The molecule has 0 aromatic carbocycles. The molecular weight excluding hydrogens is 314 g/mol. The minimum absolute atomic E-state index is 0.0282. The number of nitrogens with two attached hydrogens (primary N) is 1. The predicted molar refractivity (Wildman–Crippen MR) is 77.2 cm³/mol. The second kappa shape index (κ2) is 4.79. The van der Waals surface area contributed by atoms with Gasteiger partial charge in [0.15, 0.2) is 15.8 Å². The summed E-state index contributed by atoms with van der Waals surface area (Å²) in [6.07, 6.45) is 3.12. The summed E-state index contributed by atoms with van der Waals surface area (Å²) in [5.41, 5.74) is 5.73. The van der Waals surface area contributed by atoms with Crippen LogP contribution in [0.25, 0.3) is 4.96 Å². The van der Waals surface area contributed by atoms with E-state index >= 15 is 0 Å². The topological polar surface area (TPSA) is 120 Å². The van der Waals surface area contributed by atoms with Gasteiger partial charge in [-0.2, -0.15) is 4.72 Å². The third kappa shape index (κ3) is 2.28. The minimum Gasteiger partial charge on any atom is -0.381 e. The van der Waals surface area contributed by atoms with Crippen molar-refractivity contribution in [2.45, 2.75) is 18.0 Å². The summed E-state index contributed by atoms with van der Waals surface area (Å²) in [5, 5.41) is 9.30. The van der Waals surface area contributed by atoms with Gasteiger partial charge in [0.1, 0.15) is 12.2 Å². The lowest BCUT2D eigenvalue weighted by Gasteiger charge is -2.13. The lowest BCUT2D eigenvalue weighted by molar-refractivity contribution is 0.549. The second-order valence-electron chi connectivity index (χ2n) is 4.50. The van der Waals surface area contributed by atoms with E-state index in [0.29, 0.717) is 10.8 Å². The van der Waals surface area contributed by atoms with Gasteiger partial charge in [-0.05, 0) is 6.92 Å². The van der Waals surface area contributed by atoms with Crippen LogP contribution in [-0.2, 0) is 17.1 Å². The Balaban J connectivity index is 1.99. The summed E-state index contributed by atoms with van der Waals surface area (Å²) in [7, 11) is -2.09. The number of hydrogen-bond acceptors (Lipinski definition) is 7. The number of thiazole rings is 1. The number of sulfonamides is 1. The molecule has 0 bridgehead atoms. The predicted octanol–water partition coefficient (Wildman–Crippen LogP) is 0.146. The number of anilines is 1. The van der Waals surface area contributed by atoms with E-state index in [-0.39, 0.29) is 10.8 Å². The lowest BCUT2D eigenvalue weighted by atomic mass is 10.3. The fourth-order valence-corrected chi connectivity index (χ4v) is 4.26. The fraction of sp³-hybridized carbons (Fsp3) is 0.300. The third-order valence-corrected chi connectivity index (χ3v) is 5.30. The molecule has 1 unspecified atom stereocenters. The first kappa shape index (κ1) is 14.0. The number of aromatic nitrogens is 5. The van der Waals surface area contributed by atoms with Gasteiger partial charge in [-0.3, -0.25) is 4.40 Å². The normalized spacial score (nSPS) is 13.8. The van der Waals surface area contributed by atoms with Crippen molar-refractivity contribution < 1.29 is 8.42 Å². The summed E-state index contributed by atoms with van der Waals surface area (Å²) < 4.78 is 30.7. The highest BCUT2D eigenvalue weighted by Gasteiger charge is 2.27. The highest BCUT2D eigenvalue weighted by atomic mass is 32.2.